The number of hydrogen-bond acceptors (Lipinski definition) is 4. The fourth-order valence-corrected chi connectivity index (χ4v) is 3.31. The highest BCUT2D eigenvalue weighted by atomic mass is 19.1. The lowest BCUT2D eigenvalue weighted by Crippen LogP contribution is -2.44. The Labute approximate surface area is 146 Å². The number of carboxylic acid groups (broad SMARTS) is 1. The van der Waals surface area contributed by atoms with Gasteiger partial charge in [-0.3, -0.25) is 14.6 Å². The topological polar surface area (TPSA) is 56.9 Å². The third-order valence-electron chi connectivity index (χ3n) is 4.73. The summed E-state index contributed by atoms with van der Waals surface area (Å²) >= 11 is 0. The van der Waals surface area contributed by atoms with Crippen molar-refractivity contribution < 1.29 is 18.7 Å². The van der Waals surface area contributed by atoms with Crippen LogP contribution in [0.4, 0.5) is 4.39 Å². The largest absolute Gasteiger partial charge is 0.480 e. The molecule has 1 aliphatic rings. The molecule has 0 bridgehead atoms. The van der Waals surface area contributed by atoms with Gasteiger partial charge in [0.05, 0.1) is 13.1 Å². The first-order chi connectivity index (χ1) is 12.0. The number of likely N-dealkylation sites (tertiary alicyclic amines) is 1. The molecule has 2 aromatic rings. The maximum atomic E-state index is 13.0. The molecule has 0 atom stereocenters. The standard InChI is InChI=1S/C19H23FN2O3/c1-21(13-19(23)24)16-8-10-22(11-9-16)12-17-6-7-18(25-17)14-2-4-15(20)5-3-14/h2-7,16H,8-13H2,1H3,(H,23,24). The van der Waals surface area contributed by atoms with E-state index in [4.69, 9.17) is 9.52 Å². The first kappa shape index (κ1) is 17.6. The number of hydrogen-bond donors (Lipinski definition) is 1. The third kappa shape index (κ3) is 4.67. The molecule has 0 amide bonds. The van der Waals surface area contributed by atoms with Crippen LogP contribution in [0.3, 0.4) is 0 Å². The summed E-state index contributed by atoms with van der Waals surface area (Å²) in [4.78, 5) is 15.0. The molecular formula is C19H23FN2O3. The molecule has 1 aromatic carbocycles. The van der Waals surface area contributed by atoms with Crippen molar-refractivity contribution in [1.29, 1.82) is 0 Å². The quantitative estimate of drug-likeness (QED) is 0.871. The zero-order valence-corrected chi connectivity index (χ0v) is 14.3. The van der Waals surface area contributed by atoms with Gasteiger partial charge in [-0.1, -0.05) is 0 Å². The zero-order chi connectivity index (χ0) is 17.8. The third-order valence-corrected chi connectivity index (χ3v) is 4.73. The van der Waals surface area contributed by atoms with Gasteiger partial charge >= 0.3 is 5.97 Å². The van der Waals surface area contributed by atoms with Crippen LogP contribution in [-0.4, -0.2) is 53.6 Å². The van der Waals surface area contributed by atoms with Crippen molar-refractivity contribution in [3.63, 3.8) is 0 Å². The molecule has 1 fully saturated rings. The van der Waals surface area contributed by atoms with E-state index >= 15 is 0 Å². The number of likely N-dealkylation sites (N-methyl/N-ethyl adjacent to an activating group) is 1. The predicted octanol–water partition coefficient (Wildman–Crippen LogP) is 3.07. The summed E-state index contributed by atoms with van der Waals surface area (Å²) in [6.07, 6.45) is 1.91. The van der Waals surface area contributed by atoms with Gasteiger partial charge in [0, 0.05) is 24.7 Å². The lowest BCUT2D eigenvalue weighted by atomic mass is 10.0. The maximum Gasteiger partial charge on any atom is 0.317 e. The van der Waals surface area contributed by atoms with E-state index < -0.39 is 5.97 Å². The molecule has 134 valence electrons. The minimum Gasteiger partial charge on any atom is -0.480 e. The zero-order valence-electron chi connectivity index (χ0n) is 14.3. The molecule has 0 spiro atoms. The van der Waals surface area contributed by atoms with E-state index in [0.717, 1.165) is 49.6 Å². The molecule has 5 nitrogen and oxygen atoms in total. The van der Waals surface area contributed by atoms with Gasteiger partial charge in [0.15, 0.2) is 0 Å². The first-order valence-corrected chi connectivity index (χ1v) is 8.50. The summed E-state index contributed by atoms with van der Waals surface area (Å²) in [5.74, 6) is 0.586. The Bertz CT molecular complexity index is 706. The van der Waals surface area contributed by atoms with Crippen LogP contribution in [0.1, 0.15) is 18.6 Å². The second kappa shape index (κ2) is 7.80. The Morgan fingerprint density at radius 1 is 1.24 bits per heavy atom. The predicted molar refractivity (Wildman–Crippen MR) is 92.7 cm³/mol. The summed E-state index contributed by atoms with van der Waals surface area (Å²) in [6, 6.07) is 10.5. The maximum absolute atomic E-state index is 13.0. The summed E-state index contributed by atoms with van der Waals surface area (Å²) < 4.78 is 18.9. The monoisotopic (exact) mass is 346 g/mol. The van der Waals surface area contributed by atoms with E-state index in [0.29, 0.717) is 6.04 Å². The van der Waals surface area contributed by atoms with E-state index in [1.165, 1.54) is 12.1 Å². The lowest BCUT2D eigenvalue weighted by Gasteiger charge is -2.35. The fourth-order valence-electron chi connectivity index (χ4n) is 3.31. The number of aliphatic carboxylic acids is 1. The van der Waals surface area contributed by atoms with Crippen LogP contribution in [0.25, 0.3) is 11.3 Å². The molecule has 1 saturated heterocycles. The number of halogens is 1. The first-order valence-electron chi connectivity index (χ1n) is 8.50. The summed E-state index contributed by atoms with van der Waals surface area (Å²) in [5, 5.41) is 8.89. The minimum atomic E-state index is -0.783. The van der Waals surface area contributed by atoms with Gasteiger partial charge in [-0.2, -0.15) is 0 Å². The van der Waals surface area contributed by atoms with Crippen molar-refractivity contribution in [1.82, 2.24) is 9.80 Å². The molecule has 0 unspecified atom stereocenters. The summed E-state index contributed by atoms with van der Waals surface area (Å²) in [7, 11) is 1.87. The van der Waals surface area contributed by atoms with Crippen molar-refractivity contribution in [3.8, 4) is 11.3 Å². The van der Waals surface area contributed by atoms with E-state index in [-0.39, 0.29) is 12.4 Å². The summed E-state index contributed by atoms with van der Waals surface area (Å²) in [6.45, 7) is 2.66. The van der Waals surface area contributed by atoms with Gasteiger partial charge < -0.3 is 9.52 Å². The van der Waals surface area contributed by atoms with E-state index in [1.54, 1.807) is 12.1 Å². The highest BCUT2D eigenvalue weighted by molar-refractivity contribution is 5.69. The Morgan fingerprint density at radius 2 is 1.92 bits per heavy atom. The van der Waals surface area contributed by atoms with E-state index in [9.17, 15) is 9.18 Å². The van der Waals surface area contributed by atoms with Gasteiger partial charge in [-0.15, -0.1) is 0 Å². The van der Waals surface area contributed by atoms with Crippen molar-refractivity contribution >= 4 is 5.97 Å². The van der Waals surface area contributed by atoms with Crippen LogP contribution in [0.5, 0.6) is 0 Å². The molecule has 1 aromatic heterocycles. The fraction of sp³-hybridized carbons (Fsp3) is 0.421. The number of rotatable bonds is 6. The van der Waals surface area contributed by atoms with Crippen LogP contribution >= 0.6 is 0 Å². The average Bonchev–Trinajstić information content (AvgIpc) is 3.04. The van der Waals surface area contributed by atoms with Crippen LogP contribution in [0, 0.1) is 5.82 Å². The second-order valence-electron chi connectivity index (χ2n) is 6.59. The molecule has 1 N–H and O–H groups in total. The number of carboxylic acids is 1. The van der Waals surface area contributed by atoms with Crippen molar-refractivity contribution in [2.24, 2.45) is 0 Å². The molecule has 0 saturated carbocycles. The van der Waals surface area contributed by atoms with Crippen LogP contribution in [0.15, 0.2) is 40.8 Å². The van der Waals surface area contributed by atoms with Crippen molar-refractivity contribution in [3.05, 3.63) is 48.0 Å². The van der Waals surface area contributed by atoms with E-state index in [2.05, 4.69) is 4.90 Å². The molecule has 6 heteroatoms. The smallest absolute Gasteiger partial charge is 0.317 e. The van der Waals surface area contributed by atoms with Crippen molar-refractivity contribution in [2.75, 3.05) is 26.7 Å². The van der Waals surface area contributed by atoms with Crippen LogP contribution < -0.4 is 0 Å². The molecule has 3 rings (SSSR count). The van der Waals surface area contributed by atoms with E-state index in [1.807, 2.05) is 24.1 Å². The normalized spacial score (nSPS) is 16.4. The summed E-state index contributed by atoms with van der Waals surface area (Å²) in [5.41, 5.74) is 0.863. The van der Waals surface area contributed by atoms with Gasteiger partial charge in [0.2, 0.25) is 0 Å². The highest BCUT2D eigenvalue weighted by Gasteiger charge is 2.24. The molecule has 1 aliphatic heterocycles. The Morgan fingerprint density at radius 3 is 2.56 bits per heavy atom. The van der Waals surface area contributed by atoms with Crippen LogP contribution in [0.2, 0.25) is 0 Å². The Hall–Kier alpha value is -2.18. The molecule has 0 radical (unpaired) electrons. The molecule has 0 aliphatic carbocycles. The second-order valence-corrected chi connectivity index (χ2v) is 6.59. The average molecular weight is 346 g/mol. The number of piperidine rings is 1. The number of carbonyl (C=O) groups is 1. The van der Waals surface area contributed by atoms with Gasteiger partial charge in [0.1, 0.15) is 17.3 Å². The van der Waals surface area contributed by atoms with Crippen LogP contribution in [-0.2, 0) is 11.3 Å². The lowest BCUT2D eigenvalue weighted by molar-refractivity contribution is -0.138. The highest BCUT2D eigenvalue weighted by Crippen LogP contribution is 2.24. The van der Waals surface area contributed by atoms with Gasteiger partial charge in [-0.25, -0.2) is 4.39 Å². The molecular weight excluding hydrogens is 323 g/mol. The molecule has 25 heavy (non-hydrogen) atoms. The van der Waals surface area contributed by atoms with Crippen molar-refractivity contribution in [2.45, 2.75) is 25.4 Å². The van der Waals surface area contributed by atoms with Gasteiger partial charge in [-0.05, 0) is 56.3 Å². The number of benzene rings is 1. The Balaban J connectivity index is 1.53. The number of furan rings is 1. The molecule has 2 heterocycles. The van der Waals surface area contributed by atoms with Gasteiger partial charge in [0.25, 0.3) is 0 Å². The number of nitrogens with zero attached hydrogens (tertiary/aromatic N) is 2. The Kier molecular flexibility index (Phi) is 5.50. The minimum absolute atomic E-state index is 0.0872. The SMILES string of the molecule is CN(CC(=O)O)C1CCN(Cc2ccc(-c3ccc(F)cc3)o2)CC1.